The van der Waals surface area contributed by atoms with E-state index in [9.17, 15) is 19.1 Å². The van der Waals surface area contributed by atoms with Gasteiger partial charge in [-0.05, 0) is 41.5 Å². The summed E-state index contributed by atoms with van der Waals surface area (Å²) in [6.07, 6.45) is 7.85. The molecule has 0 spiro atoms. The molecule has 3 N–H and O–H groups in total. The van der Waals surface area contributed by atoms with Crippen LogP contribution in [-0.4, -0.2) is 42.0 Å². The third kappa shape index (κ3) is 4.13. The Balaban J connectivity index is 1.24. The summed E-state index contributed by atoms with van der Waals surface area (Å²) in [5.41, 5.74) is 3.31. The number of nitrogens with one attached hydrogen (secondary N) is 2. The van der Waals surface area contributed by atoms with E-state index in [0.29, 0.717) is 12.1 Å². The summed E-state index contributed by atoms with van der Waals surface area (Å²) in [6, 6.07) is 14.3. The van der Waals surface area contributed by atoms with E-state index in [0.717, 1.165) is 22.9 Å². The van der Waals surface area contributed by atoms with Crippen LogP contribution in [0.1, 0.15) is 38.0 Å². The van der Waals surface area contributed by atoms with E-state index in [2.05, 4.69) is 20.6 Å². The highest BCUT2D eigenvalue weighted by Crippen LogP contribution is 2.31. The third-order valence-corrected chi connectivity index (χ3v) is 6.49. The van der Waals surface area contributed by atoms with Crippen molar-refractivity contribution in [2.75, 3.05) is 5.32 Å². The first-order valence-corrected chi connectivity index (χ1v) is 11.6. The topological polar surface area (TPSA) is 114 Å². The average Bonchev–Trinajstić information content (AvgIpc) is 3.64. The summed E-state index contributed by atoms with van der Waals surface area (Å²) < 4.78 is 18.0. The molecule has 0 unspecified atom stereocenters. The van der Waals surface area contributed by atoms with Gasteiger partial charge in [0, 0.05) is 30.6 Å². The number of anilines is 1. The van der Waals surface area contributed by atoms with Gasteiger partial charge in [0.15, 0.2) is 0 Å². The smallest absolute Gasteiger partial charge is 0.274 e. The van der Waals surface area contributed by atoms with Crippen LogP contribution in [0.5, 0.6) is 0 Å². The average molecular weight is 497 g/mol. The van der Waals surface area contributed by atoms with Crippen molar-refractivity contribution in [1.29, 1.82) is 0 Å². The number of aliphatic hydroxyl groups excluding tert-OH is 1. The Morgan fingerprint density at radius 3 is 2.78 bits per heavy atom. The van der Waals surface area contributed by atoms with Crippen molar-refractivity contribution < 1.29 is 19.1 Å². The Labute approximate surface area is 210 Å². The number of fused-ring (bicyclic) bond motifs is 2. The number of hydrogen-bond donors (Lipinski definition) is 3. The van der Waals surface area contributed by atoms with Gasteiger partial charge < -0.3 is 20.3 Å². The molecular weight excluding hydrogens is 475 g/mol. The summed E-state index contributed by atoms with van der Waals surface area (Å²) in [4.78, 5) is 34.3. The van der Waals surface area contributed by atoms with Crippen molar-refractivity contribution in [1.82, 2.24) is 24.3 Å². The Hall–Kier alpha value is -4.83. The number of aliphatic hydroxyl groups is 1. The zero-order chi connectivity index (χ0) is 25.5. The maximum Gasteiger partial charge on any atom is 0.274 e. The summed E-state index contributed by atoms with van der Waals surface area (Å²) in [5, 5.41) is 15.8. The summed E-state index contributed by atoms with van der Waals surface area (Å²) >= 11 is 0. The maximum atomic E-state index is 14.6. The fourth-order valence-corrected chi connectivity index (χ4v) is 4.62. The number of halogens is 1. The molecule has 6 rings (SSSR count). The highest BCUT2D eigenvalue weighted by molar-refractivity contribution is 6.04. The molecule has 0 saturated heterocycles. The second-order valence-electron chi connectivity index (χ2n) is 8.80. The van der Waals surface area contributed by atoms with Crippen molar-refractivity contribution in [3.05, 3.63) is 114 Å². The molecule has 184 valence electrons. The number of aromatic nitrogens is 4. The Bertz CT molecular complexity index is 1650. The molecule has 2 aromatic carbocycles. The van der Waals surface area contributed by atoms with E-state index in [1.165, 1.54) is 18.3 Å². The van der Waals surface area contributed by atoms with Gasteiger partial charge in [-0.15, -0.1) is 0 Å². The largest absolute Gasteiger partial charge is 0.390 e. The molecule has 0 saturated carbocycles. The SMILES string of the molecule is O=C(N[C@@H]1c2ccccc2C[C@@H]1O)c1ccc(F)c(NC(=O)c2cnc3ccc(-n4ccnc4)cn23)c1. The van der Waals surface area contributed by atoms with E-state index in [-0.39, 0.29) is 16.9 Å². The number of pyridine rings is 1. The number of nitrogens with zero attached hydrogens (tertiary/aromatic N) is 4. The molecular formula is C27H21FN6O3. The van der Waals surface area contributed by atoms with Gasteiger partial charge in [0.25, 0.3) is 11.8 Å². The lowest BCUT2D eigenvalue weighted by atomic mass is 10.1. The van der Waals surface area contributed by atoms with Crippen LogP contribution in [0, 0.1) is 5.82 Å². The highest BCUT2D eigenvalue weighted by atomic mass is 19.1. The van der Waals surface area contributed by atoms with Crippen molar-refractivity contribution >= 4 is 23.1 Å². The predicted octanol–water partition coefficient (Wildman–Crippen LogP) is 3.30. The van der Waals surface area contributed by atoms with Crippen LogP contribution in [0.25, 0.3) is 11.3 Å². The molecule has 10 heteroatoms. The summed E-state index contributed by atoms with van der Waals surface area (Å²) in [5.74, 6) is -1.77. The normalized spacial score (nSPS) is 16.5. The monoisotopic (exact) mass is 496 g/mol. The van der Waals surface area contributed by atoms with Crippen LogP contribution in [-0.2, 0) is 6.42 Å². The Morgan fingerprint density at radius 2 is 1.95 bits per heavy atom. The van der Waals surface area contributed by atoms with Gasteiger partial charge >= 0.3 is 0 Å². The van der Waals surface area contributed by atoms with Crippen LogP contribution >= 0.6 is 0 Å². The molecule has 2 amide bonds. The van der Waals surface area contributed by atoms with Crippen LogP contribution in [0.15, 0.2) is 85.7 Å². The fourth-order valence-electron chi connectivity index (χ4n) is 4.62. The van der Waals surface area contributed by atoms with Crippen LogP contribution < -0.4 is 10.6 Å². The number of amides is 2. The van der Waals surface area contributed by atoms with Crippen molar-refractivity contribution in [2.45, 2.75) is 18.6 Å². The number of carbonyl (C=O) groups is 2. The zero-order valence-electron chi connectivity index (χ0n) is 19.4. The minimum Gasteiger partial charge on any atom is -0.390 e. The molecule has 0 fully saturated rings. The van der Waals surface area contributed by atoms with E-state index in [1.807, 2.05) is 30.3 Å². The second-order valence-corrected chi connectivity index (χ2v) is 8.80. The van der Waals surface area contributed by atoms with E-state index >= 15 is 0 Å². The van der Waals surface area contributed by atoms with Crippen molar-refractivity contribution in [3.8, 4) is 5.69 Å². The summed E-state index contributed by atoms with van der Waals surface area (Å²) in [7, 11) is 0. The lowest BCUT2D eigenvalue weighted by molar-refractivity contribution is 0.0857. The van der Waals surface area contributed by atoms with Gasteiger partial charge in [-0.3, -0.25) is 14.0 Å². The molecule has 0 bridgehead atoms. The minimum absolute atomic E-state index is 0.147. The van der Waals surface area contributed by atoms with Gasteiger partial charge in [-0.1, -0.05) is 24.3 Å². The van der Waals surface area contributed by atoms with E-state index in [4.69, 9.17) is 0 Å². The standard InChI is InChI=1S/C27H21FN6O3/c28-20-7-5-17(26(36)32-25-19-4-2-1-3-16(19)12-23(25)35)11-21(20)31-27(37)22-13-30-24-8-6-18(14-34(22)24)33-10-9-29-15-33/h1-11,13-15,23,25,35H,12H2,(H,31,37)(H,32,36)/t23-,25+/m0/s1. The number of imidazole rings is 2. The van der Waals surface area contributed by atoms with Crippen molar-refractivity contribution in [3.63, 3.8) is 0 Å². The molecule has 37 heavy (non-hydrogen) atoms. The third-order valence-electron chi connectivity index (χ3n) is 6.49. The van der Waals surface area contributed by atoms with Crippen LogP contribution in [0.4, 0.5) is 10.1 Å². The van der Waals surface area contributed by atoms with Gasteiger partial charge in [-0.2, -0.15) is 0 Å². The Kier molecular flexibility index (Phi) is 5.50. The lowest BCUT2D eigenvalue weighted by Crippen LogP contribution is -2.34. The number of carbonyl (C=O) groups excluding carboxylic acids is 2. The zero-order valence-corrected chi connectivity index (χ0v) is 19.4. The first-order valence-electron chi connectivity index (χ1n) is 11.6. The van der Waals surface area contributed by atoms with E-state index in [1.54, 1.807) is 40.0 Å². The van der Waals surface area contributed by atoms with Crippen LogP contribution in [0.2, 0.25) is 0 Å². The number of benzene rings is 2. The molecule has 5 aromatic rings. The minimum atomic E-state index is -0.761. The number of hydrogen-bond acceptors (Lipinski definition) is 5. The molecule has 2 atom stereocenters. The van der Waals surface area contributed by atoms with Gasteiger partial charge in [0.05, 0.1) is 36.0 Å². The van der Waals surface area contributed by atoms with Gasteiger partial charge in [0.2, 0.25) is 0 Å². The molecule has 0 aliphatic heterocycles. The first-order chi connectivity index (χ1) is 18.0. The summed E-state index contributed by atoms with van der Waals surface area (Å²) in [6.45, 7) is 0. The van der Waals surface area contributed by atoms with Crippen molar-refractivity contribution in [2.24, 2.45) is 0 Å². The van der Waals surface area contributed by atoms with E-state index < -0.39 is 29.8 Å². The predicted molar refractivity (Wildman–Crippen MR) is 133 cm³/mol. The highest BCUT2D eigenvalue weighted by Gasteiger charge is 2.32. The molecule has 0 radical (unpaired) electrons. The second kappa shape index (κ2) is 8.99. The Morgan fingerprint density at radius 1 is 1.08 bits per heavy atom. The van der Waals surface area contributed by atoms with Gasteiger partial charge in [0.1, 0.15) is 17.2 Å². The van der Waals surface area contributed by atoms with Gasteiger partial charge in [-0.25, -0.2) is 14.4 Å². The molecule has 3 aromatic heterocycles. The number of rotatable bonds is 5. The first kappa shape index (κ1) is 22.6. The molecule has 1 aliphatic carbocycles. The maximum absolute atomic E-state index is 14.6. The lowest BCUT2D eigenvalue weighted by Gasteiger charge is -2.18. The van der Waals surface area contributed by atoms with Crippen LogP contribution in [0.3, 0.4) is 0 Å². The molecule has 1 aliphatic rings. The molecule has 3 heterocycles. The quantitative estimate of drug-likeness (QED) is 0.346. The molecule has 9 nitrogen and oxygen atoms in total. The fraction of sp³-hybridized carbons (Fsp3) is 0.111.